The number of hydrogen-bond donors (Lipinski definition) is 0. The smallest absolute Gasteiger partial charge is 0.410 e. The molecule has 5 aliphatic heterocycles. The highest BCUT2D eigenvalue weighted by Crippen LogP contribution is 2.52. The summed E-state index contributed by atoms with van der Waals surface area (Å²) in [4.78, 5) is 29.7. The normalized spacial score (nSPS) is 23.7. The van der Waals surface area contributed by atoms with E-state index in [-0.39, 0.29) is 93.1 Å². The fourth-order valence-corrected chi connectivity index (χ4v) is 17.9. The van der Waals surface area contributed by atoms with Gasteiger partial charge in [0.2, 0.25) is 0 Å². The molecule has 4 aromatic rings. The van der Waals surface area contributed by atoms with Gasteiger partial charge in [0.05, 0.1) is 39.6 Å². The molecule has 5 aliphatic rings. The number of halogens is 4. The van der Waals surface area contributed by atoms with E-state index in [2.05, 4.69) is 62.8 Å². The summed E-state index contributed by atoms with van der Waals surface area (Å²) in [6.45, 7) is 20.2. The van der Waals surface area contributed by atoms with E-state index in [1.54, 1.807) is 18.2 Å². The van der Waals surface area contributed by atoms with Crippen molar-refractivity contribution in [3.05, 3.63) is 46.5 Å². The van der Waals surface area contributed by atoms with Crippen molar-refractivity contribution in [2.75, 3.05) is 51.7 Å². The fourth-order valence-electron chi connectivity index (χ4n) is 12.3. The van der Waals surface area contributed by atoms with Crippen LogP contribution in [0.15, 0.2) is 24.3 Å². The molecular formula is C51H63ClF3N5O6Si. The van der Waals surface area contributed by atoms with Crippen molar-refractivity contribution < 1.29 is 41.7 Å². The number of carbonyl (C=O) groups is 1. The lowest BCUT2D eigenvalue weighted by atomic mass is 9.92. The van der Waals surface area contributed by atoms with Crippen molar-refractivity contribution in [1.82, 2.24) is 19.8 Å². The van der Waals surface area contributed by atoms with Crippen molar-refractivity contribution in [3.63, 3.8) is 0 Å². The number of alkyl halides is 1. The lowest BCUT2D eigenvalue weighted by Crippen LogP contribution is -2.63. The van der Waals surface area contributed by atoms with Crippen LogP contribution in [0.2, 0.25) is 21.6 Å². The molecule has 0 saturated carbocycles. The Morgan fingerprint density at radius 1 is 1.01 bits per heavy atom. The molecule has 0 radical (unpaired) electrons. The molecule has 0 aliphatic carbocycles. The Bertz CT molecular complexity index is 2650. The molecule has 1 aromatic heterocycles. The van der Waals surface area contributed by atoms with E-state index < -0.39 is 49.2 Å². The highest BCUT2D eigenvalue weighted by molar-refractivity contribution is 6.90. The molecule has 4 saturated heterocycles. The molecule has 9 rings (SSSR count). The van der Waals surface area contributed by atoms with E-state index in [0.717, 1.165) is 25.8 Å². The van der Waals surface area contributed by atoms with Gasteiger partial charge in [-0.05, 0) is 98.8 Å². The van der Waals surface area contributed by atoms with Crippen molar-refractivity contribution >= 4 is 53.3 Å². The molecule has 11 nitrogen and oxygen atoms in total. The minimum absolute atomic E-state index is 0.0640. The number of methoxy groups -OCH3 is 1. The largest absolute Gasteiger partial charge is 0.489 e. The van der Waals surface area contributed by atoms with Crippen molar-refractivity contribution in [2.45, 2.75) is 146 Å². The van der Waals surface area contributed by atoms with Crippen LogP contribution in [0.25, 0.3) is 32.8 Å². The van der Waals surface area contributed by atoms with Crippen LogP contribution in [0.5, 0.6) is 17.5 Å². The number of hydrogen-bond acceptors (Lipinski definition) is 10. The second kappa shape index (κ2) is 17.8. The first-order valence-corrected chi connectivity index (χ1v) is 26.5. The minimum atomic E-state index is -2.39. The fraction of sp³-hybridized carbons (Fsp3) is 0.588. The summed E-state index contributed by atoms with van der Waals surface area (Å²) in [7, 11) is -0.886. The SMILES string of the molecule is COCOc1cc(-c2c(Cl)c3c4c(nc(OC[C@@]56CCCN5C[C@H](F)C6)nc4c2F)N2C[C@H]4CC[C@@H]([C@H]2CO3)N4C(=O)OC(C)(C)C)c2c(C#C[Si](C(C)C)(C(C)C)C(C)C)c(F)ccc2c1. The molecule has 3 aromatic carbocycles. The van der Waals surface area contributed by atoms with E-state index in [1.165, 1.54) is 13.2 Å². The van der Waals surface area contributed by atoms with Crippen LogP contribution in [-0.2, 0) is 9.47 Å². The van der Waals surface area contributed by atoms with Gasteiger partial charge in [-0.25, -0.2) is 18.0 Å². The maximum atomic E-state index is 18.4. The third kappa shape index (κ3) is 8.15. The summed E-state index contributed by atoms with van der Waals surface area (Å²) in [6, 6.07) is 5.32. The Kier molecular flexibility index (Phi) is 12.6. The average Bonchev–Trinajstić information content (AvgIpc) is 3.86. The topological polar surface area (TPSA) is 98.7 Å². The van der Waals surface area contributed by atoms with E-state index in [4.69, 9.17) is 45.3 Å². The zero-order chi connectivity index (χ0) is 47.9. The second-order valence-electron chi connectivity index (χ2n) is 21.2. The van der Waals surface area contributed by atoms with Crippen LogP contribution < -0.4 is 19.1 Å². The standard InChI is InChI=1S/C51H63ClF3N5O6Si/c1-28(2)67(29(3)4,30(5)6)19-16-35-37(54)14-12-31-20-34(65-27-62-10)21-36(40(31)35)41-43(52)46-42-45(44(41)55)56-48(64-26-51-17-11-18-58(51)23-32(53)22-51)57-47(42)59-24-33-13-15-38(39(59)25-63-46)60(33)49(61)66-50(7,8)9/h12,14,20-21,28-30,32-33,38-39H,11,13,15,17-18,22-27H2,1-10H3/t32-,33-,38+,39-,51+/m1/s1. The van der Waals surface area contributed by atoms with E-state index in [9.17, 15) is 9.18 Å². The molecule has 6 heterocycles. The van der Waals surface area contributed by atoms with E-state index in [0.29, 0.717) is 48.3 Å². The Morgan fingerprint density at radius 3 is 2.46 bits per heavy atom. The molecule has 0 N–H and O–H groups in total. The summed E-state index contributed by atoms with van der Waals surface area (Å²) in [5.41, 5.74) is 3.40. The van der Waals surface area contributed by atoms with Gasteiger partial charge in [-0.1, -0.05) is 65.1 Å². The Balaban J connectivity index is 1.27. The zero-order valence-electron chi connectivity index (χ0n) is 40.3. The molecule has 16 heteroatoms. The van der Waals surface area contributed by atoms with Gasteiger partial charge in [-0.15, -0.1) is 5.54 Å². The minimum Gasteiger partial charge on any atom is -0.489 e. The first-order valence-electron chi connectivity index (χ1n) is 23.9. The number of rotatable bonds is 10. The highest BCUT2D eigenvalue weighted by atomic mass is 35.5. The molecular weight excluding hydrogens is 899 g/mol. The lowest BCUT2D eigenvalue weighted by Gasteiger charge is -2.46. The summed E-state index contributed by atoms with van der Waals surface area (Å²) < 4.78 is 80.4. The second-order valence-corrected chi connectivity index (χ2v) is 27.1. The molecule has 4 fully saturated rings. The number of fused-ring (bicyclic) bond motifs is 7. The van der Waals surface area contributed by atoms with Gasteiger partial charge >= 0.3 is 12.1 Å². The zero-order valence-corrected chi connectivity index (χ0v) is 42.1. The third-order valence-electron chi connectivity index (χ3n) is 15.2. The maximum Gasteiger partial charge on any atom is 0.410 e. The number of anilines is 1. The summed E-state index contributed by atoms with van der Waals surface area (Å²) in [5, 5.41) is 1.09. The summed E-state index contributed by atoms with van der Waals surface area (Å²) in [6.07, 6.45) is 2.01. The lowest BCUT2D eigenvalue weighted by molar-refractivity contribution is 0.00544. The molecule has 5 atom stereocenters. The maximum absolute atomic E-state index is 18.4. The van der Waals surface area contributed by atoms with Crippen LogP contribution in [0, 0.1) is 23.1 Å². The monoisotopic (exact) mass is 961 g/mol. The molecule has 1 amide bonds. The highest BCUT2D eigenvalue weighted by Gasteiger charge is 2.53. The molecule has 0 unspecified atom stereocenters. The van der Waals surface area contributed by atoms with Crippen LogP contribution in [0.1, 0.15) is 100.0 Å². The Morgan fingerprint density at radius 2 is 1.76 bits per heavy atom. The Hall–Kier alpha value is -4.49. The molecule has 0 spiro atoms. The number of aromatic nitrogens is 2. The molecule has 2 bridgehead atoms. The van der Waals surface area contributed by atoms with Crippen LogP contribution in [0.4, 0.5) is 23.8 Å². The predicted molar refractivity (Wildman–Crippen MR) is 258 cm³/mol. The number of ether oxygens (including phenoxy) is 5. The predicted octanol–water partition coefficient (Wildman–Crippen LogP) is 11.2. The third-order valence-corrected chi connectivity index (χ3v) is 21.8. The summed E-state index contributed by atoms with van der Waals surface area (Å²) >= 11 is 7.53. The van der Waals surface area contributed by atoms with Crippen LogP contribution in [-0.4, -0.2) is 116 Å². The van der Waals surface area contributed by atoms with Gasteiger partial charge < -0.3 is 28.6 Å². The van der Waals surface area contributed by atoms with Crippen molar-refractivity contribution in [3.8, 4) is 40.1 Å². The van der Waals surface area contributed by atoms with Gasteiger partial charge in [0.25, 0.3) is 0 Å². The molecule has 67 heavy (non-hydrogen) atoms. The Labute approximate surface area is 397 Å². The van der Waals surface area contributed by atoms with Crippen molar-refractivity contribution in [2.24, 2.45) is 0 Å². The number of piperazine rings is 1. The van der Waals surface area contributed by atoms with E-state index in [1.807, 2.05) is 25.7 Å². The van der Waals surface area contributed by atoms with Crippen LogP contribution in [0.3, 0.4) is 0 Å². The van der Waals surface area contributed by atoms with E-state index >= 15 is 8.78 Å². The first kappa shape index (κ1) is 47.6. The van der Waals surface area contributed by atoms with Gasteiger partial charge in [0.15, 0.2) is 18.4 Å². The quantitative estimate of drug-likeness (QED) is 0.0868. The van der Waals surface area contributed by atoms with Crippen molar-refractivity contribution in [1.29, 1.82) is 0 Å². The first-order chi connectivity index (χ1) is 31.8. The van der Waals surface area contributed by atoms with Crippen LogP contribution >= 0.6 is 11.6 Å². The number of amides is 1. The average molecular weight is 963 g/mol. The summed E-state index contributed by atoms with van der Waals surface area (Å²) in [5.74, 6) is 2.83. The number of nitrogens with zero attached hydrogens (tertiary/aromatic N) is 5. The van der Waals surface area contributed by atoms with Gasteiger partial charge in [0.1, 0.15) is 56.0 Å². The number of carbonyl (C=O) groups excluding carboxylic acids is 1. The van der Waals surface area contributed by atoms with Gasteiger partial charge in [-0.3, -0.25) is 9.80 Å². The molecule has 360 valence electrons. The van der Waals surface area contributed by atoms with Gasteiger partial charge in [0, 0.05) is 37.6 Å². The number of benzene rings is 3. The van der Waals surface area contributed by atoms with Gasteiger partial charge in [-0.2, -0.15) is 9.97 Å².